The second-order valence-electron chi connectivity index (χ2n) is 6.38. The Morgan fingerprint density at radius 1 is 1.21 bits per heavy atom. The van der Waals surface area contributed by atoms with Gasteiger partial charge in [0.15, 0.2) is 5.65 Å². The lowest BCUT2D eigenvalue weighted by atomic mass is 10.1. The first kappa shape index (κ1) is 19.3. The molecule has 0 aliphatic rings. The second kappa shape index (κ2) is 8.04. The third-order valence-electron chi connectivity index (χ3n) is 4.21. The summed E-state index contributed by atoms with van der Waals surface area (Å²) in [7, 11) is 1.81. The Hall–Kier alpha value is -3.48. The Bertz CT molecular complexity index is 1070. The smallest absolute Gasteiger partial charge is 0.330 e. The number of nitrogens with one attached hydrogen (secondary N) is 1. The summed E-state index contributed by atoms with van der Waals surface area (Å²) in [5, 5.41) is 8.03. The lowest BCUT2D eigenvalue weighted by molar-refractivity contribution is -0.137. The molecule has 0 aliphatic heterocycles. The van der Waals surface area contributed by atoms with E-state index in [1.807, 2.05) is 33.0 Å². The molecule has 2 aromatic heterocycles. The number of rotatable bonds is 5. The number of amides is 1. The van der Waals surface area contributed by atoms with Gasteiger partial charge < -0.3 is 10.1 Å². The zero-order valence-electron chi connectivity index (χ0n) is 16.3. The molecule has 7 nitrogen and oxygen atoms in total. The molecule has 1 aromatic carbocycles. The first-order valence-corrected chi connectivity index (χ1v) is 8.96. The number of aryl methyl sites for hydroxylation is 3. The molecule has 0 fully saturated rings. The van der Waals surface area contributed by atoms with E-state index in [1.54, 1.807) is 35.9 Å². The minimum atomic E-state index is -0.385. The highest BCUT2D eigenvalue weighted by atomic mass is 16.5. The molecule has 7 heteroatoms. The van der Waals surface area contributed by atoms with E-state index >= 15 is 0 Å². The van der Waals surface area contributed by atoms with Crippen LogP contribution < -0.4 is 5.32 Å². The number of esters is 1. The summed E-state index contributed by atoms with van der Waals surface area (Å²) in [4.78, 5) is 28.7. The van der Waals surface area contributed by atoms with Gasteiger partial charge in [-0.05, 0) is 50.6 Å². The van der Waals surface area contributed by atoms with E-state index < -0.39 is 0 Å². The van der Waals surface area contributed by atoms with Crippen LogP contribution in [0.2, 0.25) is 0 Å². The number of ether oxygens (including phenoxy) is 1. The quantitative estimate of drug-likeness (QED) is 0.543. The van der Waals surface area contributed by atoms with Crippen LogP contribution in [-0.4, -0.2) is 33.2 Å². The molecule has 0 spiro atoms. The molecule has 144 valence electrons. The summed E-state index contributed by atoms with van der Waals surface area (Å²) < 4.78 is 6.53. The topological polar surface area (TPSA) is 86.1 Å². The van der Waals surface area contributed by atoms with Crippen LogP contribution in [0.25, 0.3) is 17.1 Å². The minimum absolute atomic E-state index is 0.221. The fraction of sp³-hybridized carbons (Fsp3) is 0.238. The van der Waals surface area contributed by atoms with Crippen LogP contribution in [-0.2, 0) is 16.6 Å². The number of anilines is 1. The summed E-state index contributed by atoms with van der Waals surface area (Å²) >= 11 is 0. The van der Waals surface area contributed by atoms with Gasteiger partial charge in [-0.3, -0.25) is 9.48 Å². The van der Waals surface area contributed by atoms with E-state index in [-0.39, 0.29) is 11.9 Å². The van der Waals surface area contributed by atoms with Crippen molar-refractivity contribution in [2.75, 3.05) is 11.9 Å². The van der Waals surface area contributed by atoms with Gasteiger partial charge in [0, 0.05) is 24.5 Å². The van der Waals surface area contributed by atoms with Gasteiger partial charge in [-0.25, -0.2) is 9.78 Å². The average molecular weight is 378 g/mol. The van der Waals surface area contributed by atoms with Gasteiger partial charge in [-0.2, -0.15) is 5.10 Å². The molecule has 3 rings (SSSR count). The molecule has 0 saturated heterocycles. The van der Waals surface area contributed by atoms with Crippen LogP contribution >= 0.6 is 0 Å². The van der Waals surface area contributed by atoms with Crippen LogP contribution in [0, 0.1) is 13.8 Å². The van der Waals surface area contributed by atoms with Gasteiger partial charge in [0.25, 0.3) is 5.91 Å². The maximum absolute atomic E-state index is 12.9. The molecule has 1 N–H and O–H groups in total. The monoisotopic (exact) mass is 378 g/mol. The van der Waals surface area contributed by atoms with Gasteiger partial charge in [0.1, 0.15) is 0 Å². The van der Waals surface area contributed by atoms with Crippen molar-refractivity contribution >= 4 is 34.7 Å². The van der Waals surface area contributed by atoms with Crippen molar-refractivity contribution in [2.45, 2.75) is 20.8 Å². The molecular weight excluding hydrogens is 356 g/mol. The molecule has 0 saturated carbocycles. The number of hydrogen-bond donors (Lipinski definition) is 1. The second-order valence-corrected chi connectivity index (χ2v) is 6.38. The molecule has 0 atom stereocenters. The molecule has 0 unspecified atom stereocenters. The molecular formula is C21H22N4O3. The van der Waals surface area contributed by atoms with Crippen LogP contribution in [0.5, 0.6) is 0 Å². The molecule has 0 radical (unpaired) electrons. The van der Waals surface area contributed by atoms with Gasteiger partial charge in [0.2, 0.25) is 0 Å². The first-order chi connectivity index (χ1) is 13.4. The number of carbonyl (C=O) groups excluding carboxylic acids is 2. The van der Waals surface area contributed by atoms with Gasteiger partial charge in [0.05, 0.1) is 23.3 Å². The molecule has 0 aliphatic carbocycles. The predicted octanol–water partition coefficient (Wildman–Crippen LogP) is 3.41. The van der Waals surface area contributed by atoms with Crippen LogP contribution in [0.15, 0.2) is 36.4 Å². The van der Waals surface area contributed by atoms with Crippen molar-refractivity contribution in [3.05, 3.63) is 58.9 Å². The van der Waals surface area contributed by atoms with Gasteiger partial charge in [-0.1, -0.05) is 12.1 Å². The van der Waals surface area contributed by atoms with E-state index in [1.165, 1.54) is 6.08 Å². The largest absolute Gasteiger partial charge is 0.463 e. The third-order valence-corrected chi connectivity index (χ3v) is 4.21. The number of hydrogen-bond acceptors (Lipinski definition) is 5. The summed E-state index contributed by atoms with van der Waals surface area (Å²) in [6, 6.07) is 8.96. The number of carbonyl (C=O) groups is 2. The van der Waals surface area contributed by atoms with Crippen molar-refractivity contribution in [3.63, 3.8) is 0 Å². The highest BCUT2D eigenvalue weighted by Gasteiger charge is 2.17. The van der Waals surface area contributed by atoms with E-state index in [0.29, 0.717) is 23.5 Å². The Morgan fingerprint density at radius 2 is 1.93 bits per heavy atom. The highest BCUT2D eigenvalue weighted by molar-refractivity contribution is 6.12. The van der Waals surface area contributed by atoms with E-state index in [0.717, 1.165) is 22.3 Å². The Balaban J connectivity index is 1.80. The van der Waals surface area contributed by atoms with Crippen molar-refractivity contribution in [1.29, 1.82) is 0 Å². The van der Waals surface area contributed by atoms with Gasteiger partial charge in [-0.15, -0.1) is 0 Å². The summed E-state index contributed by atoms with van der Waals surface area (Å²) in [6.07, 6.45) is 3.04. The summed E-state index contributed by atoms with van der Waals surface area (Å²) in [6.45, 7) is 5.81. The summed E-state index contributed by atoms with van der Waals surface area (Å²) in [5.41, 5.74) is 4.22. The Labute approximate surface area is 163 Å². The van der Waals surface area contributed by atoms with Crippen molar-refractivity contribution in [3.8, 4) is 0 Å². The molecule has 3 aromatic rings. The van der Waals surface area contributed by atoms with Crippen molar-refractivity contribution in [2.24, 2.45) is 7.05 Å². The zero-order valence-corrected chi connectivity index (χ0v) is 16.3. The molecule has 0 bridgehead atoms. The number of fused-ring (bicyclic) bond motifs is 1. The van der Waals surface area contributed by atoms with E-state index in [4.69, 9.17) is 4.74 Å². The van der Waals surface area contributed by atoms with Crippen LogP contribution in [0.3, 0.4) is 0 Å². The normalized spacial score (nSPS) is 11.1. The Kier molecular flexibility index (Phi) is 5.54. The first-order valence-electron chi connectivity index (χ1n) is 8.96. The lowest BCUT2D eigenvalue weighted by Gasteiger charge is -2.08. The van der Waals surface area contributed by atoms with Crippen LogP contribution in [0.1, 0.15) is 34.2 Å². The number of pyridine rings is 1. The summed E-state index contributed by atoms with van der Waals surface area (Å²) in [5.74, 6) is -0.606. The third kappa shape index (κ3) is 4.09. The van der Waals surface area contributed by atoms with Crippen molar-refractivity contribution < 1.29 is 14.3 Å². The highest BCUT2D eigenvalue weighted by Crippen LogP contribution is 2.23. The zero-order chi connectivity index (χ0) is 20.3. The predicted molar refractivity (Wildman–Crippen MR) is 108 cm³/mol. The van der Waals surface area contributed by atoms with E-state index in [9.17, 15) is 9.59 Å². The fourth-order valence-corrected chi connectivity index (χ4v) is 2.98. The maximum atomic E-state index is 12.9. The molecule has 28 heavy (non-hydrogen) atoms. The maximum Gasteiger partial charge on any atom is 0.330 e. The van der Waals surface area contributed by atoms with Crippen molar-refractivity contribution in [1.82, 2.24) is 14.8 Å². The average Bonchev–Trinajstić information content (AvgIpc) is 2.94. The Morgan fingerprint density at radius 3 is 2.61 bits per heavy atom. The van der Waals surface area contributed by atoms with Crippen LogP contribution in [0.4, 0.5) is 5.69 Å². The minimum Gasteiger partial charge on any atom is -0.463 e. The SMILES string of the molecule is CCOC(=O)/C=C/c1ccc(NC(=O)c2cc(C)nc3c2c(C)nn3C)cc1. The number of aromatic nitrogens is 3. The van der Waals surface area contributed by atoms with Gasteiger partial charge >= 0.3 is 5.97 Å². The molecule has 2 heterocycles. The van der Waals surface area contributed by atoms with E-state index in [2.05, 4.69) is 15.4 Å². The molecule has 1 amide bonds. The lowest BCUT2D eigenvalue weighted by Crippen LogP contribution is -2.13. The number of nitrogens with zero attached hydrogens (tertiary/aromatic N) is 3. The standard InChI is InChI=1S/C21H22N4O3/c1-5-28-18(26)11-8-15-6-9-16(10-7-15)23-21(27)17-12-13(2)22-20-19(17)14(3)24-25(20)4/h6-12H,5H2,1-4H3,(H,23,27)/b11-8+. The number of benzene rings is 1. The fourth-order valence-electron chi connectivity index (χ4n) is 2.98.